The summed E-state index contributed by atoms with van der Waals surface area (Å²) in [6, 6.07) is 10.9. The average Bonchev–Trinajstić information content (AvgIpc) is 3.20. The molecule has 154 valence electrons. The summed E-state index contributed by atoms with van der Waals surface area (Å²) in [5, 5.41) is 18.4. The number of pyridine rings is 1. The van der Waals surface area contributed by atoms with E-state index in [2.05, 4.69) is 27.0 Å². The van der Waals surface area contributed by atoms with Crippen molar-refractivity contribution in [2.24, 2.45) is 0 Å². The van der Waals surface area contributed by atoms with Crippen LogP contribution in [0.3, 0.4) is 0 Å². The highest BCUT2D eigenvalue weighted by atomic mass is 32.2. The zero-order chi connectivity index (χ0) is 20.6. The van der Waals surface area contributed by atoms with Gasteiger partial charge in [0.25, 0.3) is 0 Å². The monoisotopic (exact) mass is 414 g/mol. The predicted molar refractivity (Wildman–Crippen MR) is 114 cm³/mol. The van der Waals surface area contributed by atoms with Crippen molar-refractivity contribution in [2.75, 3.05) is 33.0 Å². The molecule has 1 N–H and O–H groups in total. The number of para-hydroxylation sites is 1. The zero-order valence-electron chi connectivity index (χ0n) is 16.9. The highest BCUT2D eigenvalue weighted by Crippen LogP contribution is 2.39. The Balaban J connectivity index is 1.70. The Hall–Kier alpha value is -2.58. The number of phenols is 1. The van der Waals surface area contributed by atoms with Gasteiger partial charge in [-0.05, 0) is 38.4 Å². The minimum absolute atomic E-state index is 0.218. The third-order valence-electron chi connectivity index (χ3n) is 4.20. The molecule has 1 atom stereocenters. The predicted octanol–water partition coefficient (Wildman–Crippen LogP) is 4.01. The van der Waals surface area contributed by atoms with Crippen molar-refractivity contribution in [3.8, 4) is 23.1 Å². The smallest absolute Gasteiger partial charge is 0.249 e. The maximum atomic E-state index is 10.2. The first-order chi connectivity index (χ1) is 14.1. The Bertz CT molecular complexity index is 899. The first-order valence-electron chi connectivity index (χ1n) is 9.55. The van der Waals surface area contributed by atoms with Gasteiger partial charge >= 0.3 is 0 Å². The fourth-order valence-electron chi connectivity index (χ4n) is 2.78. The third-order valence-corrected chi connectivity index (χ3v) is 5.32. The number of nitrogens with zero attached hydrogens (tertiary/aromatic N) is 4. The summed E-state index contributed by atoms with van der Waals surface area (Å²) >= 11 is 1.63. The van der Waals surface area contributed by atoms with Crippen molar-refractivity contribution in [3.05, 3.63) is 54.0 Å². The summed E-state index contributed by atoms with van der Waals surface area (Å²) in [5.74, 6) is 2.48. The van der Waals surface area contributed by atoms with Crippen LogP contribution in [0.25, 0.3) is 11.5 Å². The Morgan fingerprint density at radius 1 is 1.17 bits per heavy atom. The second-order valence-corrected chi connectivity index (χ2v) is 8.11. The van der Waals surface area contributed by atoms with E-state index >= 15 is 0 Å². The van der Waals surface area contributed by atoms with Crippen LogP contribution in [0, 0.1) is 0 Å². The number of thioether (sulfide) groups is 1. The van der Waals surface area contributed by atoms with Crippen LogP contribution in [0.2, 0.25) is 0 Å². The molecule has 1 aromatic carbocycles. The molecule has 0 amide bonds. The Morgan fingerprint density at radius 2 is 2.00 bits per heavy atom. The van der Waals surface area contributed by atoms with E-state index in [1.165, 1.54) is 0 Å². The number of rotatable bonds is 10. The van der Waals surface area contributed by atoms with Gasteiger partial charge in [0.05, 0.1) is 12.2 Å². The topological polar surface area (TPSA) is 84.5 Å². The molecule has 3 aromatic rings. The van der Waals surface area contributed by atoms with Crippen molar-refractivity contribution in [1.82, 2.24) is 20.1 Å². The summed E-state index contributed by atoms with van der Waals surface area (Å²) < 4.78 is 11.6. The summed E-state index contributed by atoms with van der Waals surface area (Å²) in [7, 11) is 4.07. The molecule has 29 heavy (non-hydrogen) atoms. The summed E-state index contributed by atoms with van der Waals surface area (Å²) in [5.41, 5.74) is 1.48. The molecule has 2 aromatic heterocycles. The lowest BCUT2D eigenvalue weighted by Gasteiger charge is -2.13. The molecule has 0 aliphatic carbocycles. The van der Waals surface area contributed by atoms with Crippen LogP contribution in [0.4, 0.5) is 0 Å². The molecule has 8 heteroatoms. The van der Waals surface area contributed by atoms with Gasteiger partial charge < -0.3 is 19.2 Å². The number of aromatic hydroxyl groups is 1. The molecule has 0 aliphatic rings. The first kappa shape index (κ1) is 21.1. The van der Waals surface area contributed by atoms with Gasteiger partial charge in [-0.1, -0.05) is 25.1 Å². The molecule has 3 rings (SSSR count). The standard InChI is InChI=1S/C21H26N4O3S/c1-4-29-19(16-8-5-6-9-17(16)26)21-24-23-20(28-21)15-10-11-18(22-14-15)27-13-7-12-25(2)3/h5-6,8-11,14,19,26H,4,7,12-13H2,1-3H3. The number of ether oxygens (including phenoxy) is 1. The molecule has 0 saturated carbocycles. The molecule has 0 bridgehead atoms. The maximum absolute atomic E-state index is 10.2. The van der Waals surface area contributed by atoms with Gasteiger partial charge in [0, 0.05) is 24.4 Å². The maximum Gasteiger partial charge on any atom is 0.249 e. The van der Waals surface area contributed by atoms with Crippen LogP contribution in [-0.4, -0.2) is 58.2 Å². The van der Waals surface area contributed by atoms with Gasteiger partial charge in [-0.15, -0.1) is 22.0 Å². The lowest BCUT2D eigenvalue weighted by atomic mass is 10.1. The van der Waals surface area contributed by atoms with Crippen LogP contribution in [0.1, 0.15) is 30.0 Å². The fraction of sp³-hybridized carbons (Fsp3) is 0.381. The normalized spacial score (nSPS) is 12.3. The average molecular weight is 415 g/mol. The van der Waals surface area contributed by atoms with Crippen LogP contribution in [0.5, 0.6) is 11.6 Å². The van der Waals surface area contributed by atoms with E-state index < -0.39 is 0 Å². The SMILES string of the molecule is CCSC(c1nnc(-c2ccc(OCCCN(C)C)nc2)o1)c1ccccc1O. The van der Waals surface area contributed by atoms with Gasteiger partial charge in [-0.25, -0.2) is 4.98 Å². The van der Waals surface area contributed by atoms with Crippen LogP contribution in [0.15, 0.2) is 47.0 Å². The van der Waals surface area contributed by atoms with E-state index in [-0.39, 0.29) is 11.0 Å². The number of hydrogen-bond donors (Lipinski definition) is 1. The number of hydrogen-bond acceptors (Lipinski definition) is 8. The molecule has 0 aliphatic heterocycles. The zero-order valence-corrected chi connectivity index (χ0v) is 17.7. The van der Waals surface area contributed by atoms with Gasteiger partial charge in [-0.2, -0.15) is 0 Å². The minimum atomic E-state index is -0.227. The van der Waals surface area contributed by atoms with Crippen LogP contribution in [-0.2, 0) is 0 Å². The van der Waals surface area contributed by atoms with Crippen LogP contribution >= 0.6 is 11.8 Å². The van der Waals surface area contributed by atoms with Crippen molar-refractivity contribution < 1.29 is 14.3 Å². The highest BCUT2D eigenvalue weighted by Gasteiger charge is 2.24. The van der Waals surface area contributed by atoms with Crippen molar-refractivity contribution in [1.29, 1.82) is 0 Å². The van der Waals surface area contributed by atoms with E-state index in [1.807, 2.05) is 32.3 Å². The van der Waals surface area contributed by atoms with Gasteiger partial charge in [0.1, 0.15) is 11.0 Å². The van der Waals surface area contributed by atoms with Crippen molar-refractivity contribution in [3.63, 3.8) is 0 Å². The van der Waals surface area contributed by atoms with Gasteiger partial charge in [0.2, 0.25) is 17.7 Å². The molecule has 0 spiro atoms. The van der Waals surface area contributed by atoms with E-state index in [0.29, 0.717) is 24.3 Å². The molecule has 2 heterocycles. The largest absolute Gasteiger partial charge is 0.508 e. The third kappa shape index (κ3) is 5.71. The molecule has 7 nitrogen and oxygen atoms in total. The number of benzene rings is 1. The fourth-order valence-corrected chi connectivity index (χ4v) is 3.73. The molecular weight excluding hydrogens is 388 g/mol. The highest BCUT2D eigenvalue weighted by molar-refractivity contribution is 7.99. The Labute approximate surface area is 175 Å². The minimum Gasteiger partial charge on any atom is -0.508 e. The number of phenolic OH excluding ortho intramolecular Hbond substituents is 1. The first-order valence-corrected chi connectivity index (χ1v) is 10.6. The van der Waals surface area contributed by atoms with E-state index in [0.717, 1.165) is 29.8 Å². The van der Waals surface area contributed by atoms with E-state index in [9.17, 15) is 5.11 Å². The summed E-state index contributed by atoms with van der Waals surface area (Å²) in [6.45, 7) is 3.64. The Morgan fingerprint density at radius 3 is 2.69 bits per heavy atom. The molecule has 1 unspecified atom stereocenters. The Kier molecular flexibility index (Phi) is 7.48. The van der Waals surface area contributed by atoms with Crippen molar-refractivity contribution >= 4 is 11.8 Å². The quantitative estimate of drug-likeness (QED) is 0.498. The molecule has 0 saturated heterocycles. The lowest BCUT2D eigenvalue weighted by Crippen LogP contribution is -2.15. The second kappa shape index (κ2) is 10.3. The number of aromatic nitrogens is 3. The lowest BCUT2D eigenvalue weighted by molar-refractivity contribution is 0.273. The molecule has 0 radical (unpaired) electrons. The van der Waals surface area contributed by atoms with Crippen molar-refractivity contribution in [2.45, 2.75) is 18.6 Å². The van der Waals surface area contributed by atoms with E-state index in [1.54, 1.807) is 36.2 Å². The van der Waals surface area contributed by atoms with Gasteiger partial charge in [-0.3, -0.25) is 0 Å². The molecular formula is C21H26N4O3S. The van der Waals surface area contributed by atoms with E-state index in [4.69, 9.17) is 9.15 Å². The summed E-state index contributed by atoms with van der Waals surface area (Å²) in [6.07, 6.45) is 2.60. The van der Waals surface area contributed by atoms with Gasteiger partial charge in [0.15, 0.2) is 0 Å². The summed E-state index contributed by atoms with van der Waals surface area (Å²) in [4.78, 5) is 6.44. The second-order valence-electron chi connectivity index (χ2n) is 6.73. The van der Waals surface area contributed by atoms with Crippen LogP contribution < -0.4 is 4.74 Å². The molecule has 0 fully saturated rings.